The van der Waals surface area contributed by atoms with Gasteiger partial charge in [0.25, 0.3) is 0 Å². The fourth-order valence-electron chi connectivity index (χ4n) is 4.09. The number of halogens is 1. The van der Waals surface area contributed by atoms with Crippen molar-refractivity contribution in [2.75, 3.05) is 25.6 Å². The fraction of sp³-hybridized carbons (Fsp3) is 0.400. The predicted octanol–water partition coefficient (Wildman–Crippen LogP) is 3.54. The molecule has 26 heavy (non-hydrogen) atoms. The molecule has 0 saturated heterocycles. The van der Waals surface area contributed by atoms with Gasteiger partial charge >= 0.3 is 0 Å². The molecule has 0 amide bonds. The van der Waals surface area contributed by atoms with Crippen LogP contribution in [0, 0.1) is 0 Å². The number of rotatable bonds is 4. The maximum atomic E-state index is 9.96. The van der Waals surface area contributed by atoms with Crippen molar-refractivity contribution >= 4 is 15.9 Å². The van der Waals surface area contributed by atoms with E-state index in [2.05, 4.69) is 26.9 Å². The molecule has 2 aliphatic rings. The first-order chi connectivity index (χ1) is 12.6. The molecule has 2 aromatic carbocycles. The summed E-state index contributed by atoms with van der Waals surface area (Å²) in [5.74, 6) is 1.52. The molecular formula is C20H22BrNO4. The lowest BCUT2D eigenvalue weighted by Crippen LogP contribution is -2.39. The Morgan fingerprint density at radius 3 is 2.77 bits per heavy atom. The van der Waals surface area contributed by atoms with Gasteiger partial charge in [-0.15, -0.1) is 0 Å². The van der Waals surface area contributed by atoms with Gasteiger partial charge in [0.1, 0.15) is 0 Å². The number of hydrogen-bond donors (Lipinski definition) is 2. The van der Waals surface area contributed by atoms with Gasteiger partial charge in [-0.3, -0.25) is 4.90 Å². The molecule has 2 aliphatic heterocycles. The third-order valence-corrected chi connectivity index (χ3v) is 5.67. The van der Waals surface area contributed by atoms with Gasteiger partial charge < -0.3 is 19.7 Å². The highest BCUT2D eigenvalue weighted by Crippen LogP contribution is 2.45. The average Bonchev–Trinajstić information content (AvgIpc) is 2.65. The number of fused-ring (bicyclic) bond motifs is 4. The second-order valence-electron chi connectivity index (χ2n) is 6.75. The van der Waals surface area contributed by atoms with E-state index >= 15 is 0 Å². The fourth-order valence-corrected chi connectivity index (χ4v) is 4.25. The van der Waals surface area contributed by atoms with Crippen LogP contribution in [0.4, 0.5) is 0 Å². The minimum Gasteiger partial charge on any atom is -0.504 e. The minimum absolute atomic E-state index is 0.0383. The van der Waals surface area contributed by atoms with Crippen molar-refractivity contribution in [2.24, 2.45) is 0 Å². The Labute approximate surface area is 161 Å². The van der Waals surface area contributed by atoms with Crippen LogP contribution in [0.2, 0.25) is 0 Å². The van der Waals surface area contributed by atoms with E-state index in [4.69, 9.17) is 9.47 Å². The van der Waals surface area contributed by atoms with Crippen LogP contribution in [0.15, 0.2) is 24.3 Å². The van der Waals surface area contributed by atoms with Crippen LogP contribution in [0.1, 0.15) is 28.3 Å². The van der Waals surface area contributed by atoms with Crippen molar-refractivity contribution in [2.45, 2.75) is 25.4 Å². The smallest absolute Gasteiger partial charge is 0.165 e. The average molecular weight is 420 g/mol. The summed E-state index contributed by atoms with van der Waals surface area (Å²) in [5.41, 5.74) is 4.66. The highest BCUT2D eigenvalue weighted by Gasteiger charge is 2.34. The molecule has 0 radical (unpaired) electrons. The Balaban J connectivity index is 1.73. The van der Waals surface area contributed by atoms with E-state index in [0.717, 1.165) is 53.9 Å². The topological polar surface area (TPSA) is 62.2 Å². The van der Waals surface area contributed by atoms with Crippen LogP contribution < -0.4 is 9.47 Å². The number of ether oxygens (including phenoxy) is 2. The van der Waals surface area contributed by atoms with Crippen LogP contribution in [0.3, 0.4) is 0 Å². The van der Waals surface area contributed by atoms with Gasteiger partial charge in [-0.05, 0) is 47.7 Å². The summed E-state index contributed by atoms with van der Waals surface area (Å²) in [6.45, 7) is 2.29. The second-order valence-corrected chi connectivity index (χ2v) is 7.55. The molecule has 0 saturated carbocycles. The third kappa shape index (κ3) is 2.91. The molecule has 6 heteroatoms. The zero-order chi connectivity index (χ0) is 18.3. The summed E-state index contributed by atoms with van der Waals surface area (Å²) in [6, 6.07) is 7.71. The minimum atomic E-state index is -0.0486. The number of aromatic hydroxyl groups is 2. The number of hydrogen-bond acceptors (Lipinski definition) is 5. The van der Waals surface area contributed by atoms with E-state index in [1.165, 1.54) is 11.1 Å². The second kappa shape index (κ2) is 7.00. The Morgan fingerprint density at radius 1 is 1.19 bits per heavy atom. The molecule has 1 unspecified atom stereocenters. The molecule has 0 aromatic heterocycles. The summed E-state index contributed by atoms with van der Waals surface area (Å²) < 4.78 is 11.5. The van der Waals surface area contributed by atoms with Gasteiger partial charge in [0.05, 0.1) is 13.7 Å². The van der Waals surface area contributed by atoms with E-state index in [-0.39, 0.29) is 17.5 Å². The Kier molecular flexibility index (Phi) is 4.71. The Morgan fingerprint density at radius 2 is 2.00 bits per heavy atom. The largest absolute Gasteiger partial charge is 0.504 e. The number of methoxy groups -OCH3 is 1. The maximum Gasteiger partial charge on any atom is 0.165 e. The molecule has 0 fully saturated rings. The van der Waals surface area contributed by atoms with Crippen molar-refractivity contribution in [3.05, 3.63) is 46.5 Å². The summed E-state index contributed by atoms with van der Waals surface area (Å²) >= 11 is 3.42. The van der Waals surface area contributed by atoms with E-state index in [9.17, 15) is 10.2 Å². The zero-order valence-electron chi connectivity index (χ0n) is 14.7. The van der Waals surface area contributed by atoms with Crippen LogP contribution >= 0.6 is 15.9 Å². The molecule has 2 N–H and O–H groups in total. The molecule has 5 nitrogen and oxygen atoms in total. The molecule has 4 rings (SSSR count). The Bertz CT molecular complexity index is 839. The van der Waals surface area contributed by atoms with Crippen molar-refractivity contribution < 1.29 is 19.7 Å². The van der Waals surface area contributed by atoms with Crippen molar-refractivity contribution in [1.82, 2.24) is 4.90 Å². The van der Waals surface area contributed by atoms with Crippen molar-refractivity contribution in [3.8, 4) is 23.0 Å². The summed E-state index contributed by atoms with van der Waals surface area (Å²) in [5, 5.41) is 20.5. The highest BCUT2D eigenvalue weighted by atomic mass is 79.9. The number of alkyl halides is 1. The molecule has 0 aliphatic carbocycles. The van der Waals surface area contributed by atoms with E-state index in [1.807, 2.05) is 6.07 Å². The van der Waals surface area contributed by atoms with Gasteiger partial charge in [-0.1, -0.05) is 22.0 Å². The van der Waals surface area contributed by atoms with E-state index < -0.39 is 0 Å². The predicted molar refractivity (Wildman–Crippen MR) is 103 cm³/mol. The third-order valence-electron chi connectivity index (χ3n) is 5.34. The lowest BCUT2D eigenvalue weighted by Gasteiger charge is -2.42. The summed E-state index contributed by atoms with van der Waals surface area (Å²) in [6.07, 6.45) is 1.71. The van der Waals surface area contributed by atoms with Crippen molar-refractivity contribution in [1.29, 1.82) is 0 Å². The lowest BCUT2D eigenvalue weighted by atomic mass is 9.83. The normalized spacial score (nSPS) is 18.6. The van der Waals surface area contributed by atoms with E-state index in [0.29, 0.717) is 6.61 Å². The number of benzene rings is 2. The maximum absolute atomic E-state index is 9.96. The first-order valence-electron chi connectivity index (χ1n) is 8.78. The Hall–Kier alpha value is -1.92. The van der Waals surface area contributed by atoms with Gasteiger partial charge in [-0.25, -0.2) is 0 Å². The molecule has 2 heterocycles. The van der Waals surface area contributed by atoms with Crippen molar-refractivity contribution in [3.63, 3.8) is 0 Å². The first-order valence-corrected chi connectivity index (χ1v) is 9.90. The zero-order valence-corrected chi connectivity index (χ0v) is 16.3. The van der Waals surface area contributed by atoms with Gasteiger partial charge in [0, 0.05) is 30.0 Å². The molecular weight excluding hydrogens is 398 g/mol. The van der Waals surface area contributed by atoms with Crippen LogP contribution in [-0.2, 0) is 19.4 Å². The number of phenolic OH excluding ortho intramolecular Hbond substituents is 2. The van der Waals surface area contributed by atoms with Crippen LogP contribution in [0.25, 0.3) is 0 Å². The van der Waals surface area contributed by atoms with Gasteiger partial charge in [0.15, 0.2) is 23.0 Å². The quantitative estimate of drug-likeness (QED) is 0.586. The summed E-state index contributed by atoms with van der Waals surface area (Å²) in [7, 11) is 1.67. The van der Waals surface area contributed by atoms with E-state index in [1.54, 1.807) is 19.2 Å². The first kappa shape index (κ1) is 17.5. The molecule has 1 atom stereocenters. The number of phenols is 2. The SMILES string of the molecule is COc1ccc2c(c1OCCBr)CN1CCc3cc(O)c(O)cc3C1C2. The van der Waals surface area contributed by atoms with Gasteiger partial charge in [0.2, 0.25) is 0 Å². The number of nitrogens with zero attached hydrogens (tertiary/aromatic N) is 1. The molecule has 0 bridgehead atoms. The monoisotopic (exact) mass is 419 g/mol. The standard InChI is InChI=1S/C20H22BrNO4/c1-25-19-3-2-12-8-16-14-10-18(24)17(23)9-13(14)4-6-22(16)11-15(12)20(19)26-7-5-21/h2-3,9-10,16,23-24H,4-8,11H2,1H3. The van der Waals surface area contributed by atoms with Gasteiger partial charge in [-0.2, -0.15) is 0 Å². The highest BCUT2D eigenvalue weighted by molar-refractivity contribution is 9.09. The summed E-state index contributed by atoms with van der Waals surface area (Å²) in [4.78, 5) is 2.42. The lowest BCUT2D eigenvalue weighted by molar-refractivity contribution is 0.156. The molecule has 2 aromatic rings. The van der Waals surface area contributed by atoms with Crippen LogP contribution in [0.5, 0.6) is 23.0 Å². The van der Waals surface area contributed by atoms with Crippen LogP contribution in [-0.4, -0.2) is 40.7 Å². The molecule has 138 valence electrons. The molecule has 0 spiro atoms.